The number of esters is 2. The van der Waals surface area contributed by atoms with Crippen molar-refractivity contribution >= 4 is 65.6 Å². The van der Waals surface area contributed by atoms with Crippen LogP contribution in [0.25, 0.3) is 55.4 Å². The second-order valence-corrected chi connectivity index (χ2v) is 13.8. The van der Waals surface area contributed by atoms with Crippen LogP contribution in [-0.2, 0) is 0 Å². The van der Waals surface area contributed by atoms with Crippen LogP contribution in [0, 0.1) is 0 Å². The second kappa shape index (κ2) is 14.3. The van der Waals surface area contributed by atoms with Crippen LogP contribution in [0.15, 0.2) is 167 Å². The Morgan fingerprint density at radius 2 is 0.846 bits per heavy atom. The molecule has 0 radical (unpaired) electrons. The Kier molecular flexibility index (Phi) is 9.16. The zero-order chi connectivity index (χ0) is 35.6. The largest absolute Gasteiger partial charge is 0.423 e. The number of benzene rings is 6. The fourth-order valence-electron chi connectivity index (χ4n) is 6.05. The molecule has 0 bridgehead atoms. The molecule has 6 aromatic carbocycles. The molecule has 2 heterocycles. The number of rotatable bonds is 7. The lowest BCUT2D eigenvalue weighted by Gasteiger charge is -2.13. The smallest absolute Gasteiger partial charge is 0.344 e. The SMILES string of the molecule is O=C(Oc1cccc(Br)c1)c1cc(-c2ccccc2)nc2ccc(-c3ccc4nc(-c5ccccc5)cc(C(=O)Oc5cccc(Br)c5)c4c3)cc12. The first-order chi connectivity index (χ1) is 25.4. The fourth-order valence-corrected chi connectivity index (χ4v) is 6.80. The number of aromatic nitrogens is 2. The second-order valence-electron chi connectivity index (χ2n) is 12.0. The van der Waals surface area contributed by atoms with Gasteiger partial charge < -0.3 is 9.47 Å². The molecule has 0 fully saturated rings. The number of pyridine rings is 2. The third-order valence-corrected chi connectivity index (χ3v) is 9.53. The maximum absolute atomic E-state index is 13.9. The van der Waals surface area contributed by atoms with Crippen LogP contribution in [0.4, 0.5) is 0 Å². The van der Waals surface area contributed by atoms with Gasteiger partial charge in [0.1, 0.15) is 11.5 Å². The summed E-state index contributed by atoms with van der Waals surface area (Å²) in [6.45, 7) is 0. The summed E-state index contributed by atoms with van der Waals surface area (Å²) in [4.78, 5) is 37.6. The molecular weight excluding hydrogens is 780 g/mol. The van der Waals surface area contributed by atoms with E-state index in [0.29, 0.717) is 55.8 Å². The highest BCUT2D eigenvalue weighted by Crippen LogP contribution is 2.34. The van der Waals surface area contributed by atoms with Crippen LogP contribution in [0.1, 0.15) is 20.7 Å². The van der Waals surface area contributed by atoms with Crippen molar-refractivity contribution in [3.63, 3.8) is 0 Å². The minimum Gasteiger partial charge on any atom is -0.423 e. The molecule has 0 N–H and O–H groups in total. The topological polar surface area (TPSA) is 78.4 Å². The molecule has 0 saturated heterocycles. The summed E-state index contributed by atoms with van der Waals surface area (Å²) < 4.78 is 13.3. The highest BCUT2D eigenvalue weighted by atomic mass is 79.9. The van der Waals surface area contributed by atoms with Crippen molar-refractivity contribution in [2.45, 2.75) is 0 Å². The zero-order valence-electron chi connectivity index (χ0n) is 27.3. The molecule has 0 unspecified atom stereocenters. The summed E-state index contributed by atoms with van der Waals surface area (Å²) in [6.07, 6.45) is 0. The molecule has 250 valence electrons. The molecule has 0 aliphatic carbocycles. The van der Waals surface area contributed by atoms with Gasteiger partial charge in [-0.3, -0.25) is 0 Å². The van der Waals surface area contributed by atoms with Crippen LogP contribution in [0.3, 0.4) is 0 Å². The number of nitrogens with zero attached hydrogens (tertiary/aromatic N) is 2. The molecule has 8 rings (SSSR count). The molecule has 0 amide bonds. The lowest BCUT2D eigenvalue weighted by Crippen LogP contribution is -2.10. The number of fused-ring (bicyclic) bond motifs is 2. The molecule has 2 aromatic heterocycles. The van der Waals surface area contributed by atoms with Gasteiger partial charge in [0.2, 0.25) is 0 Å². The summed E-state index contributed by atoms with van der Waals surface area (Å²) in [7, 11) is 0. The Morgan fingerprint density at radius 1 is 0.423 bits per heavy atom. The Balaban J connectivity index is 1.25. The highest BCUT2D eigenvalue weighted by Gasteiger charge is 2.20. The van der Waals surface area contributed by atoms with Crippen molar-refractivity contribution in [1.82, 2.24) is 9.97 Å². The lowest BCUT2D eigenvalue weighted by molar-refractivity contribution is 0.0727. The third kappa shape index (κ3) is 6.99. The van der Waals surface area contributed by atoms with Crippen molar-refractivity contribution in [1.29, 1.82) is 0 Å². The maximum atomic E-state index is 13.9. The number of ether oxygens (including phenoxy) is 2. The molecule has 0 aliphatic rings. The van der Waals surface area contributed by atoms with E-state index in [0.717, 1.165) is 31.2 Å². The summed E-state index contributed by atoms with van der Waals surface area (Å²) in [5.41, 5.74) is 6.73. The number of halogens is 2. The zero-order valence-corrected chi connectivity index (χ0v) is 30.5. The van der Waals surface area contributed by atoms with Gasteiger partial charge in [-0.1, -0.05) is 117 Å². The summed E-state index contributed by atoms with van der Waals surface area (Å²) >= 11 is 6.91. The standard InChI is InChI=1S/C44H26Br2N2O4/c45-31-13-7-15-33(23-31)51-43(49)37-25-41(27-9-3-1-4-10-27)47-39-19-17-29(21-35(37)39)30-18-20-40-36(22-30)38(26-42(48-40)28-11-5-2-6-12-28)44(50)52-34-16-8-14-32(46)24-34/h1-26H. The molecule has 8 heteroatoms. The molecule has 6 nitrogen and oxygen atoms in total. The summed E-state index contributed by atoms with van der Waals surface area (Å²) in [6, 6.07) is 48.9. The predicted octanol–water partition coefficient (Wildman–Crippen LogP) is 11.7. The first kappa shape index (κ1) is 33.2. The summed E-state index contributed by atoms with van der Waals surface area (Å²) in [5.74, 6) is -0.177. The Hall–Kier alpha value is -5.96. The Labute approximate surface area is 316 Å². The van der Waals surface area contributed by atoms with E-state index in [1.807, 2.05) is 121 Å². The highest BCUT2D eigenvalue weighted by molar-refractivity contribution is 9.10. The average Bonchev–Trinajstić information content (AvgIpc) is 3.17. The average molecular weight is 807 g/mol. The predicted molar refractivity (Wildman–Crippen MR) is 212 cm³/mol. The monoisotopic (exact) mass is 804 g/mol. The molecule has 52 heavy (non-hydrogen) atoms. The van der Waals surface area contributed by atoms with Gasteiger partial charge in [-0.05, 0) is 83.9 Å². The van der Waals surface area contributed by atoms with Gasteiger partial charge in [-0.15, -0.1) is 0 Å². The van der Waals surface area contributed by atoms with Crippen molar-refractivity contribution in [2.24, 2.45) is 0 Å². The first-order valence-corrected chi connectivity index (χ1v) is 17.9. The number of carbonyl (C=O) groups is 2. The third-order valence-electron chi connectivity index (χ3n) is 8.54. The lowest BCUT2D eigenvalue weighted by atomic mass is 9.96. The first-order valence-electron chi connectivity index (χ1n) is 16.3. The van der Waals surface area contributed by atoms with Crippen molar-refractivity contribution in [3.8, 4) is 45.1 Å². The fraction of sp³-hybridized carbons (Fsp3) is 0. The number of hydrogen-bond acceptors (Lipinski definition) is 6. The van der Waals surface area contributed by atoms with Gasteiger partial charge in [0.15, 0.2) is 0 Å². The van der Waals surface area contributed by atoms with Gasteiger partial charge in [0, 0.05) is 30.8 Å². The van der Waals surface area contributed by atoms with E-state index in [2.05, 4.69) is 31.9 Å². The Bertz CT molecular complexity index is 2460. The number of carbonyl (C=O) groups excluding carboxylic acids is 2. The van der Waals surface area contributed by atoms with Crippen LogP contribution < -0.4 is 9.47 Å². The quantitative estimate of drug-likeness (QED) is 0.118. The van der Waals surface area contributed by atoms with E-state index in [1.165, 1.54) is 0 Å². The maximum Gasteiger partial charge on any atom is 0.344 e. The van der Waals surface area contributed by atoms with Gasteiger partial charge in [-0.25, -0.2) is 19.6 Å². The molecular formula is C44H26Br2N2O4. The van der Waals surface area contributed by atoms with E-state index in [4.69, 9.17) is 19.4 Å². The summed E-state index contributed by atoms with van der Waals surface area (Å²) in [5, 5.41) is 1.26. The van der Waals surface area contributed by atoms with Gasteiger partial charge >= 0.3 is 11.9 Å². The van der Waals surface area contributed by atoms with E-state index in [1.54, 1.807) is 36.4 Å². The van der Waals surface area contributed by atoms with Gasteiger partial charge in [-0.2, -0.15) is 0 Å². The molecule has 0 spiro atoms. The molecule has 0 saturated carbocycles. The van der Waals surface area contributed by atoms with Crippen LogP contribution in [0.5, 0.6) is 11.5 Å². The van der Waals surface area contributed by atoms with Crippen LogP contribution in [0.2, 0.25) is 0 Å². The van der Waals surface area contributed by atoms with E-state index >= 15 is 0 Å². The molecule has 0 atom stereocenters. The molecule has 8 aromatic rings. The van der Waals surface area contributed by atoms with Gasteiger partial charge in [0.25, 0.3) is 0 Å². The number of hydrogen-bond donors (Lipinski definition) is 0. The normalized spacial score (nSPS) is 11.0. The van der Waals surface area contributed by atoms with Crippen molar-refractivity contribution in [2.75, 3.05) is 0 Å². The van der Waals surface area contributed by atoms with Gasteiger partial charge in [0.05, 0.1) is 33.5 Å². The van der Waals surface area contributed by atoms with E-state index < -0.39 is 11.9 Å². The van der Waals surface area contributed by atoms with E-state index in [-0.39, 0.29) is 0 Å². The van der Waals surface area contributed by atoms with Crippen LogP contribution >= 0.6 is 31.9 Å². The van der Waals surface area contributed by atoms with E-state index in [9.17, 15) is 9.59 Å². The van der Waals surface area contributed by atoms with Crippen molar-refractivity contribution < 1.29 is 19.1 Å². The minimum absolute atomic E-state index is 0.374. The molecule has 0 aliphatic heterocycles. The minimum atomic E-state index is -0.506. The van der Waals surface area contributed by atoms with Crippen LogP contribution in [-0.4, -0.2) is 21.9 Å². The van der Waals surface area contributed by atoms with Crippen molar-refractivity contribution in [3.05, 3.63) is 178 Å². The Morgan fingerprint density at radius 3 is 1.25 bits per heavy atom.